The lowest BCUT2D eigenvalue weighted by Gasteiger charge is -2.29. The highest BCUT2D eigenvalue weighted by Crippen LogP contribution is 2.38. The fourth-order valence-corrected chi connectivity index (χ4v) is 6.71. The Morgan fingerprint density at radius 2 is 1.00 bits per heavy atom. The van der Waals surface area contributed by atoms with E-state index in [-0.39, 0.29) is 12.5 Å². The van der Waals surface area contributed by atoms with Gasteiger partial charge in [-0.25, -0.2) is 0 Å². The predicted octanol–water partition coefficient (Wildman–Crippen LogP) is 13.1. The van der Waals surface area contributed by atoms with Crippen molar-refractivity contribution in [3.8, 4) is 0 Å². The van der Waals surface area contributed by atoms with E-state index in [1.54, 1.807) is 6.08 Å². The van der Waals surface area contributed by atoms with Gasteiger partial charge in [0.25, 0.3) is 7.82 Å². The average molecular weight is 869 g/mol. The third-order valence-electron chi connectivity index (χ3n) is 9.74. The number of hydrogen-bond donors (Lipinski definition) is 2. The van der Waals surface area contributed by atoms with Crippen molar-refractivity contribution in [3.05, 3.63) is 109 Å². The number of rotatable bonds is 41. The van der Waals surface area contributed by atoms with Gasteiger partial charge in [0.1, 0.15) is 13.2 Å². The van der Waals surface area contributed by atoms with Crippen molar-refractivity contribution in [2.45, 2.75) is 174 Å². The summed E-state index contributed by atoms with van der Waals surface area (Å²) in [5.41, 5.74) is 0. The van der Waals surface area contributed by atoms with E-state index in [0.717, 1.165) is 103 Å². The molecule has 0 heterocycles. The second-order valence-electron chi connectivity index (χ2n) is 16.7. The van der Waals surface area contributed by atoms with E-state index in [0.29, 0.717) is 17.4 Å². The van der Waals surface area contributed by atoms with Gasteiger partial charge in [0.15, 0.2) is 0 Å². The van der Waals surface area contributed by atoms with Gasteiger partial charge in [-0.1, -0.05) is 181 Å². The quantitative estimate of drug-likeness (QED) is 0.0274. The molecule has 0 aromatic carbocycles. The second-order valence-corrected chi connectivity index (χ2v) is 18.1. The maximum Gasteiger partial charge on any atom is 0.268 e. The number of nitrogens with one attached hydrogen (secondary N) is 1. The summed E-state index contributed by atoms with van der Waals surface area (Å²) in [5.74, 6) is -0.230. The molecule has 3 atom stereocenters. The van der Waals surface area contributed by atoms with Crippen LogP contribution in [0, 0.1) is 0 Å². The smallest absolute Gasteiger partial charge is 0.268 e. The number of phosphoric acid groups is 1. The van der Waals surface area contributed by atoms with Gasteiger partial charge in [0, 0.05) is 6.42 Å². The van der Waals surface area contributed by atoms with Crippen molar-refractivity contribution in [2.24, 2.45) is 0 Å². The molecule has 0 radical (unpaired) electrons. The number of likely N-dealkylation sites (N-methyl/N-ethyl adjacent to an activating group) is 1. The number of aliphatic hydroxyl groups excluding tert-OH is 1. The standard InChI is InChI=1S/C52H89N2O6P/c1-6-8-10-12-14-16-18-19-20-21-22-23-24-25-26-27-28-29-30-31-32-33-34-35-36-38-40-42-44-46-52(56)53-50(49-60-61(57,58)59-48-47-54(3,4)5)51(55)45-43-41-39-37-17-15-13-11-9-7-2/h8,10,14,16,19-20,22-23,25-26,28-29,31-32,34-35,43,45,50-51,55H,6-7,9,11-13,15,17-18,21,24,27,30,33,36-42,44,46-49H2,1-5H3,(H-,53,56,57,58)/b10-8-,16-14-,20-19-,23-22-,26-25-,29-28-,32-31-,35-34-,45-43+. The summed E-state index contributed by atoms with van der Waals surface area (Å²) >= 11 is 0. The SMILES string of the molecule is CC/C=C\C/C=C\C/C=C\C/C=C\C/C=C\C/C=C\C/C=C\C/C=C\CCCCCCC(=O)NC(COP(=O)([O-])OCC[N+](C)(C)C)C(O)/C=C/CCCCCCCCCC. The largest absolute Gasteiger partial charge is 0.756 e. The molecule has 2 N–H and O–H groups in total. The minimum Gasteiger partial charge on any atom is -0.756 e. The first-order valence-electron chi connectivity index (χ1n) is 23.7. The van der Waals surface area contributed by atoms with E-state index in [1.165, 1.54) is 38.5 Å². The van der Waals surface area contributed by atoms with Crippen LogP contribution >= 0.6 is 7.82 Å². The highest BCUT2D eigenvalue weighted by Gasteiger charge is 2.23. The Morgan fingerprint density at radius 3 is 1.46 bits per heavy atom. The molecular formula is C52H89N2O6P. The molecule has 1 amide bonds. The van der Waals surface area contributed by atoms with E-state index in [4.69, 9.17) is 9.05 Å². The van der Waals surface area contributed by atoms with Crippen LogP contribution < -0.4 is 10.2 Å². The van der Waals surface area contributed by atoms with Crippen LogP contribution in [0.15, 0.2) is 109 Å². The van der Waals surface area contributed by atoms with Crippen LogP contribution in [-0.2, 0) is 18.4 Å². The van der Waals surface area contributed by atoms with Gasteiger partial charge in [-0.2, -0.15) is 0 Å². The first-order chi connectivity index (χ1) is 29.5. The number of quaternary nitrogens is 1. The Kier molecular flexibility index (Phi) is 40.5. The molecule has 0 aliphatic carbocycles. The predicted molar refractivity (Wildman–Crippen MR) is 260 cm³/mol. The Bertz CT molecular complexity index is 1350. The molecule has 3 unspecified atom stereocenters. The summed E-state index contributed by atoms with van der Waals surface area (Å²) < 4.78 is 23.1. The minimum atomic E-state index is -4.60. The van der Waals surface area contributed by atoms with E-state index in [1.807, 2.05) is 27.2 Å². The number of aliphatic hydroxyl groups is 1. The minimum absolute atomic E-state index is 0.0130. The first kappa shape index (κ1) is 58.2. The number of unbranched alkanes of at least 4 members (excludes halogenated alkanes) is 12. The van der Waals surface area contributed by atoms with Crippen molar-refractivity contribution in [2.75, 3.05) is 40.9 Å². The molecule has 0 aromatic rings. The summed E-state index contributed by atoms with van der Waals surface area (Å²) in [5, 5.41) is 13.7. The number of hydrogen-bond acceptors (Lipinski definition) is 6. The van der Waals surface area contributed by atoms with Crippen molar-refractivity contribution >= 4 is 13.7 Å². The van der Waals surface area contributed by atoms with Gasteiger partial charge in [0.2, 0.25) is 5.91 Å². The Hall–Kier alpha value is -2.84. The molecule has 0 aromatic heterocycles. The van der Waals surface area contributed by atoms with E-state index in [9.17, 15) is 19.4 Å². The number of nitrogens with zero attached hydrogens (tertiary/aromatic N) is 1. The molecule has 0 aliphatic rings. The van der Waals surface area contributed by atoms with Crippen LogP contribution in [0.2, 0.25) is 0 Å². The molecule has 8 nitrogen and oxygen atoms in total. The fraction of sp³-hybridized carbons (Fsp3) is 0.635. The zero-order chi connectivity index (χ0) is 45.0. The van der Waals surface area contributed by atoms with Crippen LogP contribution in [0.25, 0.3) is 0 Å². The molecule has 0 bridgehead atoms. The van der Waals surface area contributed by atoms with Gasteiger partial charge in [0.05, 0.1) is 39.9 Å². The van der Waals surface area contributed by atoms with Crippen molar-refractivity contribution < 1.29 is 32.9 Å². The number of allylic oxidation sites excluding steroid dienone is 17. The van der Waals surface area contributed by atoms with Crippen LogP contribution in [0.1, 0.15) is 162 Å². The number of carbonyl (C=O) groups excluding carboxylic acids is 1. The normalized spacial score (nSPS) is 15.2. The monoisotopic (exact) mass is 869 g/mol. The van der Waals surface area contributed by atoms with E-state index < -0.39 is 26.6 Å². The molecule has 0 saturated heterocycles. The summed E-state index contributed by atoms with van der Waals surface area (Å²) in [4.78, 5) is 25.3. The summed E-state index contributed by atoms with van der Waals surface area (Å²) in [6.45, 7) is 4.45. The number of phosphoric ester groups is 1. The van der Waals surface area contributed by atoms with Crippen LogP contribution in [0.4, 0.5) is 0 Å². The van der Waals surface area contributed by atoms with Gasteiger partial charge in [-0.3, -0.25) is 9.36 Å². The molecular weight excluding hydrogens is 780 g/mol. The summed E-state index contributed by atoms with van der Waals surface area (Å²) in [6.07, 6.45) is 61.5. The van der Waals surface area contributed by atoms with Crippen molar-refractivity contribution in [1.82, 2.24) is 5.32 Å². The fourth-order valence-electron chi connectivity index (χ4n) is 5.99. The maximum atomic E-state index is 12.8. The maximum absolute atomic E-state index is 12.8. The zero-order valence-electron chi connectivity index (χ0n) is 39.3. The van der Waals surface area contributed by atoms with E-state index >= 15 is 0 Å². The summed E-state index contributed by atoms with van der Waals surface area (Å²) in [6, 6.07) is -0.906. The highest BCUT2D eigenvalue weighted by molar-refractivity contribution is 7.45. The van der Waals surface area contributed by atoms with Crippen molar-refractivity contribution in [3.63, 3.8) is 0 Å². The number of amides is 1. The van der Waals surface area contributed by atoms with Crippen LogP contribution in [-0.4, -0.2) is 68.5 Å². The molecule has 0 fully saturated rings. The van der Waals surface area contributed by atoms with Crippen LogP contribution in [0.3, 0.4) is 0 Å². The highest BCUT2D eigenvalue weighted by atomic mass is 31.2. The molecule has 0 spiro atoms. The Balaban J connectivity index is 4.32. The van der Waals surface area contributed by atoms with Gasteiger partial charge < -0.3 is 28.8 Å². The van der Waals surface area contributed by atoms with Crippen molar-refractivity contribution in [1.29, 1.82) is 0 Å². The zero-order valence-corrected chi connectivity index (χ0v) is 40.2. The third-order valence-corrected chi connectivity index (χ3v) is 10.7. The molecule has 0 saturated carbocycles. The molecule has 61 heavy (non-hydrogen) atoms. The van der Waals surface area contributed by atoms with Crippen LogP contribution in [0.5, 0.6) is 0 Å². The lowest BCUT2D eigenvalue weighted by Crippen LogP contribution is -2.45. The third kappa shape index (κ3) is 45.0. The van der Waals surface area contributed by atoms with Gasteiger partial charge in [-0.05, 0) is 83.5 Å². The molecule has 9 heteroatoms. The summed E-state index contributed by atoms with van der Waals surface area (Å²) in [7, 11) is 1.22. The lowest BCUT2D eigenvalue weighted by atomic mass is 10.1. The van der Waals surface area contributed by atoms with E-state index in [2.05, 4.69) is 116 Å². The first-order valence-corrected chi connectivity index (χ1v) is 25.2. The Labute approximate surface area is 374 Å². The molecule has 0 aliphatic heterocycles. The average Bonchev–Trinajstić information content (AvgIpc) is 3.21. The second kappa shape index (κ2) is 42.5. The molecule has 348 valence electrons. The molecule has 0 rings (SSSR count). The Morgan fingerprint density at radius 1 is 0.590 bits per heavy atom. The number of carbonyl (C=O) groups is 1. The lowest BCUT2D eigenvalue weighted by molar-refractivity contribution is -0.870. The van der Waals surface area contributed by atoms with Gasteiger partial charge >= 0.3 is 0 Å². The van der Waals surface area contributed by atoms with Gasteiger partial charge in [-0.15, -0.1) is 0 Å². The topological polar surface area (TPSA) is 108 Å².